The van der Waals surface area contributed by atoms with E-state index in [-0.39, 0.29) is 6.04 Å². The molecule has 1 aliphatic heterocycles. The number of hydrogen-bond acceptors (Lipinski definition) is 2. The van der Waals surface area contributed by atoms with Crippen molar-refractivity contribution >= 4 is 23.2 Å². The van der Waals surface area contributed by atoms with E-state index >= 15 is 0 Å². The lowest BCUT2D eigenvalue weighted by molar-refractivity contribution is 0.188. The summed E-state index contributed by atoms with van der Waals surface area (Å²) < 4.78 is 0. The number of likely N-dealkylation sites (tertiary alicyclic amines) is 1. The molecule has 2 rings (SSSR count). The molecule has 2 nitrogen and oxygen atoms in total. The molecule has 1 aliphatic rings. The van der Waals surface area contributed by atoms with E-state index in [2.05, 4.69) is 24.1 Å². The molecular formula is C16H24Cl2N2. The normalized spacial score (nSPS) is 19.2. The van der Waals surface area contributed by atoms with Gasteiger partial charge < -0.3 is 10.2 Å². The molecule has 0 saturated carbocycles. The van der Waals surface area contributed by atoms with Crippen LogP contribution in [0, 0.1) is 5.92 Å². The highest BCUT2D eigenvalue weighted by atomic mass is 35.5. The number of nitrogens with zero attached hydrogens (tertiary/aromatic N) is 1. The Kier molecular flexibility index (Phi) is 6.16. The molecule has 1 saturated heterocycles. The van der Waals surface area contributed by atoms with Crippen molar-refractivity contribution in [3.63, 3.8) is 0 Å². The molecule has 0 aromatic heterocycles. The number of rotatable bonds is 5. The number of benzene rings is 1. The molecule has 1 N–H and O–H groups in total. The molecule has 112 valence electrons. The fourth-order valence-corrected chi connectivity index (χ4v) is 3.27. The van der Waals surface area contributed by atoms with E-state index in [1.165, 1.54) is 32.5 Å². The zero-order valence-corrected chi connectivity index (χ0v) is 13.8. The summed E-state index contributed by atoms with van der Waals surface area (Å²) in [4.78, 5) is 2.52. The fourth-order valence-electron chi connectivity index (χ4n) is 2.81. The van der Waals surface area contributed by atoms with Gasteiger partial charge in [0.25, 0.3) is 0 Å². The second-order valence-electron chi connectivity index (χ2n) is 5.67. The summed E-state index contributed by atoms with van der Waals surface area (Å²) in [6, 6.07) is 5.91. The van der Waals surface area contributed by atoms with Crippen molar-refractivity contribution in [2.75, 3.05) is 26.2 Å². The quantitative estimate of drug-likeness (QED) is 0.867. The van der Waals surface area contributed by atoms with Gasteiger partial charge in [-0.25, -0.2) is 0 Å². The molecule has 1 aromatic rings. The SMILES string of the molecule is CCN1CCC(CNC(C)c2cc(Cl)ccc2Cl)CC1. The van der Waals surface area contributed by atoms with E-state index < -0.39 is 0 Å². The van der Waals surface area contributed by atoms with Gasteiger partial charge in [-0.3, -0.25) is 0 Å². The lowest BCUT2D eigenvalue weighted by Crippen LogP contribution is -2.37. The molecule has 1 heterocycles. The summed E-state index contributed by atoms with van der Waals surface area (Å²) >= 11 is 12.3. The molecule has 0 amide bonds. The lowest BCUT2D eigenvalue weighted by Gasteiger charge is -2.31. The van der Waals surface area contributed by atoms with Crippen LogP contribution in [0.2, 0.25) is 10.0 Å². The summed E-state index contributed by atoms with van der Waals surface area (Å²) in [5, 5.41) is 5.14. The van der Waals surface area contributed by atoms with Crippen LogP contribution in [0.15, 0.2) is 18.2 Å². The predicted octanol–water partition coefficient (Wildman–Crippen LogP) is 4.38. The third-order valence-corrected chi connectivity index (χ3v) is 4.87. The highest BCUT2D eigenvalue weighted by Crippen LogP contribution is 2.26. The minimum absolute atomic E-state index is 0.241. The third-order valence-electron chi connectivity index (χ3n) is 4.29. The van der Waals surface area contributed by atoms with Crippen molar-refractivity contribution in [2.24, 2.45) is 5.92 Å². The van der Waals surface area contributed by atoms with Crippen molar-refractivity contribution in [1.29, 1.82) is 0 Å². The maximum Gasteiger partial charge on any atom is 0.0454 e. The van der Waals surface area contributed by atoms with Crippen LogP contribution in [0.1, 0.15) is 38.3 Å². The Hall–Kier alpha value is -0.280. The fraction of sp³-hybridized carbons (Fsp3) is 0.625. The number of halogens is 2. The average molecular weight is 315 g/mol. The Labute approximate surface area is 132 Å². The van der Waals surface area contributed by atoms with Gasteiger partial charge in [0.2, 0.25) is 0 Å². The molecule has 1 fully saturated rings. The van der Waals surface area contributed by atoms with Crippen LogP contribution in [-0.2, 0) is 0 Å². The van der Waals surface area contributed by atoms with Gasteiger partial charge in [-0.05, 0) is 75.6 Å². The topological polar surface area (TPSA) is 15.3 Å². The third kappa shape index (κ3) is 4.36. The van der Waals surface area contributed by atoms with Gasteiger partial charge in [-0.15, -0.1) is 0 Å². The van der Waals surface area contributed by atoms with Crippen molar-refractivity contribution in [1.82, 2.24) is 10.2 Å². The van der Waals surface area contributed by atoms with Crippen LogP contribution in [0.3, 0.4) is 0 Å². The summed E-state index contributed by atoms with van der Waals surface area (Å²) in [5.74, 6) is 0.776. The molecule has 1 aromatic carbocycles. The molecule has 0 spiro atoms. The zero-order valence-electron chi connectivity index (χ0n) is 12.3. The van der Waals surface area contributed by atoms with Gasteiger partial charge in [0.15, 0.2) is 0 Å². The summed E-state index contributed by atoms with van der Waals surface area (Å²) in [5.41, 5.74) is 1.09. The highest BCUT2D eigenvalue weighted by Gasteiger charge is 2.19. The minimum atomic E-state index is 0.241. The lowest BCUT2D eigenvalue weighted by atomic mass is 9.96. The van der Waals surface area contributed by atoms with E-state index in [0.717, 1.165) is 28.1 Å². The van der Waals surface area contributed by atoms with E-state index in [4.69, 9.17) is 23.2 Å². The number of hydrogen-bond donors (Lipinski definition) is 1. The van der Waals surface area contributed by atoms with Crippen LogP contribution in [0.25, 0.3) is 0 Å². The molecule has 1 unspecified atom stereocenters. The smallest absolute Gasteiger partial charge is 0.0454 e. The van der Waals surface area contributed by atoms with E-state index in [0.29, 0.717) is 0 Å². The van der Waals surface area contributed by atoms with Crippen LogP contribution < -0.4 is 5.32 Å². The first-order valence-corrected chi connectivity index (χ1v) is 8.26. The Morgan fingerprint density at radius 1 is 1.30 bits per heavy atom. The van der Waals surface area contributed by atoms with Gasteiger partial charge in [-0.1, -0.05) is 30.1 Å². The first-order chi connectivity index (χ1) is 9.60. The van der Waals surface area contributed by atoms with Gasteiger partial charge in [0, 0.05) is 16.1 Å². The van der Waals surface area contributed by atoms with Crippen LogP contribution in [0.5, 0.6) is 0 Å². The largest absolute Gasteiger partial charge is 0.310 e. The predicted molar refractivity (Wildman–Crippen MR) is 87.7 cm³/mol. The van der Waals surface area contributed by atoms with Gasteiger partial charge in [0.05, 0.1) is 0 Å². The van der Waals surface area contributed by atoms with Gasteiger partial charge >= 0.3 is 0 Å². The van der Waals surface area contributed by atoms with E-state index in [1.807, 2.05) is 18.2 Å². The summed E-state index contributed by atoms with van der Waals surface area (Å²) in [7, 11) is 0. The van der Waals surface area contributed by atoms with Crippen LogP contribution >= 0.6 is 23.2 Å². The van der Waals surface area contributed by atoms with Crippen LogP contribution in [-0.4, -0.2) is 31.1 Å². The monoisotopic (exact) mass is 314 g/mol. The standard InChI is InChI=1S/C16H24Cl2N2/c1-3-20-8-6-13(7-9-20)11-19-12(2)15-10-14(17)4-5-16(15)18/h4-5,10,12-13,19H,3,6-9,11H2,1-2H3. The van der Waals surface area contributed by atoms with Crippen molar-refractivity contribution < 1.29 is 0 Å². The van der Waals surface area contributed by atoms with E-state index in [9.17, 15) is 0 Å². The van der Waals surface area contributed by atoms with Crippen molar-refractivity contribution in [3.8, 4) is 0 Å². The molecule has 1 atom stereocenters. The van der Waals surface area contributed by atoms with Crippen molar-refractivity contribution in [3.05, 3.63) is 33.8 Å². The number of piperidine rings is 1. The first kappa shape index (κ1) is 16.1. The molecule has 0 aliphatic carbocycles. The molecule has 0 radical (unpaired) electrons. The highest BCUT2D eigenvalue weighted by molar-refractivity contribution is 6.33. The Balaban J connectivity index is 1.83. The van der Waals surface area contributed by atoms with Gasteiger partial charge in [0.1, 0.15) is 0 Å². The van der Waals surface area contributed by atoms with Crippen LogP contribution in [0.4, 0.5) is 0 Å². The molecular weight excluding hydrogens is 291 g/mol. The minimum Gasteiger partial charge on any atom is -0.310 e. The maximum atomic E-state index is 6.25. The Bertz CT molecular complexity index is 428. The first-order valence-electron chi connectivity index (χ1n) is 7.50. The second-order valence-corrected chi connectivity index (χ2v) is 6.52. The summed E-state index contributed by atoms with van der Waals surface area (Å²) in [6.07, 6.45) is 2.58. The van der Waals surface area contributed by atoms with Gasteiger partial charge in [-0.2, -0.15) is 0 Å². The average Bonchev–Trinajstić information content (AvgIpc) is 2.47. The van der Waals surface area contributed by atoms with E-state index in [1.54, 1.807) is 0 Å². The molecule has 0 bridgehead atoms. The zero-order chi connectivity index (χ0) is 14.5. The Morgan fingerprint density at radius 3 is 2.65 bits per heavy atom. The number of nitrogens with one attached hydrogen (secondary N) is 1. The Morgan fingerprint density at radius 2 is 2.00 bits per heavy atom. The summed E-state index contributed by atoms with van der Waals surface area (Å²) in [6.45, 7) is 9.08. The second kappa shape index (κ2) is 7.65. The maximum absolute atomic E-state index is 6.25. The molecule has 20 heavy (non-hydrogen) atoms. The molecule has 4 heteroatoms. The van der Waals surface area contributed by atoms with Crippen molar-refractivity contribution in [2.45, 2.75) is 32.7 Å².